The van der Waals surface area contributed by atoms with Gasteiger partial charge in [-0.2, -0.15) is 0 Å². The summed E-state index contributed by atoms with van der Waals surface area (Å²) < 4.78 is 4.90. The van der Waals surface area contributed by atoms with E-state index in [4.69, 9.17) is 0 Å². The number of fused-ring (bicyclic) bond motifs is 12. The van der Waals surface area contributed by atoms with Crippen molar-refractivity contribution >= 4 is 82.2 Å². The van der Waals surface area contributed by atoms with E-state index in [1.165, 1.54) is 93.3 Å². The largest absolute Gasteiger partial charge is 0.309 e. The first kappa shape index (κ1) is 28.6. The van der Waals surface area contributed by atoms with Gasteiger partial charge in [0.15, 0.2) is 0 Å². The molecule has 3 heterocycles. The first-order chi connectivity index (χ1) is 26.3. The molecule has 0 radical (unpaired) electrons. The van der Waals surface area contributed by atoms with E-state index < -0.39 is 0 Å². The Bertz CT molecular complexity index is 3280. The van der Waals surface area contributed by atoms with Crippen LogP contribution < -0.4 is 4.90 Å². The third kappa shape index (κ3) is 3.94. The van der Waals surface area contributed by atoms with E-state index in [0.29, 0.717) is 0 Å². The maximum Gasteiger partial charge on any atom is 0.0783 e. The van der Waals surface area contributed by atoms with Gasteiger partial charge in [0, 0.05) is 38.3 Å². The maximum absolute atomic E-state index is 2.47. The SMILES string of the molecule is c1ccc(N2c3c(ccc4cc(-c5ccc6c7c8ccccc8ccc7n(-c7ccccc7)c6c5)ccc34)-n3c4ccccc4c4cccc2c43)cc1. The zero-order valence-corrected chi connectivity index (χ0v) is 28.7. The van der Waals surface area contributed by atoms with Crippen LogP contribution in [0, 0.1) is 0 Å². The highest BCUT2D eigenvalue weighted by Crippen LogP contribution is 2.52. The van der Waals surface area contributed by atoms with E-state index in [-0.39, 0.29) is 0 Å². The minimum absolute atomic E-state index is 1.15. The number of hydrogen-bond donors (Lipinski definition) is 0. The van der Waals surface area contributed by atoms with Crippen molar-refractivity contribution in [2.75, 3.05) is 4.90 Å². The lowest BCUT2D eigenvalue weighted by Crippen LogP contribution is -2.18. The molecule has 0 bridgehead atoms. The van der Waals surface area contributed by atoms with Crippen LogP contribution in [-0.4, -0.2) is 9.13 Å². The Morgan fingerprint density at radius 2 is 1.00 bits per heavy atom. The third-order valence-corrected chi connectivity index (χ3v) is 11.4. The topological polar surface area (TPSA) is 13.1 Å². The second-order valence-corrected chi connectivity index (χ2v) is 14.1. The Balaban J connectivity index is 1.10. The van der Waals surface area contributed by atoms with Crippen LogP contribution in [0.2, 0.25) is 0 Å². The Kier molecular flexibility index (Phi) is 5.77. The first-order valence-electron chi connectivity index (χ1n) is 18.3. The summed E-state index contributed by atoms with van der Waals surface area (Å²) in [5.74, 6) is 0. The summed E-state index contributed by atoms with van der Waals surface area (Å²) in [4.78, 5) is 2.47. The van der Waals surface area contributed by atoms with Gasteiger partial charge in [-0.05, 0) is 87.9 Å². The van der Waals surface area contributed by atoms with Crippen molar-refractivity contribution in [3.8, 4) is 22.5 Å². The molecule has 53 heavy (non-hydrogen) atoms. The van der Waals surface area contributed by atoms with Crippen molar-refractivity contribution in [1.29, 1.82) is 0 Å². The molecule has 3 heteroatoms. The Hall–Kier alpha value is -7.10. The van der Waals surface area contributed by atoms with Gasteiger partial charge in [0.25, 0.3) is 0 Å². The molecule has 1 aliphatic rings. The van der Waals surface area contributed by atoms with Gasteiger partial charge in [0.1, 0.15) is 0 Å². The molecule has 0 saturated carbocycles. The van der Waals surface area contributed by atoms with E-state index in [9.17, 15) is 0 Å². The van der Waals surface area contributed by atoms with Crippen molar-refractivity contribution in [2.45, 2.75) is 0 Å². The third-order valence-electron chi connectivity index (χ3n) is 11.4. The Morgan fingerprint density at radius 3 is 1.85 bits per heavy atom. The first-order valence-corrected chi connectivity index (χ1v) is 18.3. The zero-order chi connectivity index (χ0) is 34.6. The van der Waals surface area contributed by atoms with Gasteiger partial charge in [-0.1, -0.05) is 127 Å². The van der Waals surface area contributed by atoms with Crippen molar-refractivity contribution in [3.63, 3.8) is 0 Å². The van der Waals surface area contributed by atoms with Gasteiger partial charge < -0.3 is 14.0 Å². The number of benzene rings is 9. The lowest BCUT2D eigenvalue weighted by molar-refractivity contribution is 1.12. The van der Waals surface area contributed by atoms with E-state index in [1.807, 2.05) is 0 Å². The minimum atomic E-state index is 1.15. The fourth-order valence-electron chi connectivity index (χ4n) is 9.12. The fraction of sp³-hybridized carbons (Fsp3) is 0. The van der Waals surface area contributed by atoms with Crippen LogP contribution in [-0.2, 0) is 0 Å². The van der Waals surface area contributed by atoms with E-state index in [2.05, 4.69) is 202 Å². The Labute approximate surface area is 305 Å². The maximum atomic E-state index is 2.47. The molecule has 0 spiro atoms. The molecule has 0 aliphatic carbocycles. The van der Waals surface area contributed by atoms with Gasteiger partial charge >= 0.3 is 0 Å². The molecule has 12 rings (SSSR count). The molecule has 9 aromatic carbocycles. The highest BCUT2D eigenvalue weighted by atomic mass is 15.2. The number of nitrogens with zero attached hydrogens (tertiary/aromatic N) is 3. The summed E-state index contributed by atoms with van der Waals surface area (Å²) in [6.07, 6.45) is 0. The van der Waals surface area contributed by atoms with Crippen molar-refractivity contribution in [1.82, 2.24) is 9.13 Å². The van der Waals surface area contributed by atoms with E-state index >= 15 is 0 Å². The van der Waals surface area contributed by atoms with Gasteiger partial charge in [-0.3, -0.25) is 0 Å². The number of para-hydroxylation sites is 4. The Morgan fingerprint density at radius 1 is 0.321 bits per heavy atom. The van der Waals surface area contributed by atoms with Gasteiger partial charge in [-0.15, -0.1) is 0 Å². The molecular weight excluding hydrogens is 643 g/mol. The van der Waals surface area contributed by atoms with Crippen LogP contribution in [0.3, 0.4) is 0 Å². The molecule has 246 valence electrons. The van der Waals surface area contributed by atoms with Crippen molar-refractivity contribution in [3.05, 3.63) is 188 Å². The predicted octanol–water partition coefficient (Wildman–Crippen LogP) is 13.6. The number of aromatic nitrogens is 2. The molecule has 2 aromatic heterocycles. The van der Waals surface area contributed by atoms with Gasteiger partial charge in [0.2, 0.25) is 0 Å². The predicted molar refractivity (Wildman–Crippen MR) is 224 cm³/mol. The molecule has 0 atom stereocenters. The van der Waals surface area contributed by atoms with Crippen molar-refractivity contribution < 1.29 is 0 Å². The molecule has 0 saturated heterocycles. The molecule has 11 aromatic rings. The molecule has 0 fully saturated rings. The van der Waals surface area contributed by atoms with Crippen LogP contribution in [0.25, 0.3) is 87.7 Å². The van der Waals surface area contributed by atoms with Crippen LogP contribution in [0.5, 0.6) is 0 Å². The molecule has 0 amide bonds. The normalized spacial score (nSPS) is 12.5. The van der Waals surface area contributed by atoms with Crippen LogP contribution in [0.1, 0.15) is 0 Å². The monoisotopic (exact) mass is 673 g/mol. The van der Waals surface area contributed by atoms with Gasteiger partial charge in [-0.25, -0.2) is 0 Å². The molecule has 1 aliphatic heterocycles. The zero-order valence-electron chi connectivity index (χ0n) is 28.7. The van der Waals surface area contributed by atoms with Gasteiger partial charge in [0.05, 0.1) is 39.1 Å². The number of hydrogen-bond acceptors (Lipinski definition) is 1. The quantitative estimate of drug-likeness (QED) is 0.182. The highest BCUT2D eigenvalue weighted by molar-refractivity contribution is 6.22. The van der Waals surface area contributed by atoms with E-state index in [0.717, 1.165) is 11.4 Å². The van der Waals surface area contributed by atoms with Crippen LogP contribution >= 0.6 is 0 Å². The second kappa shape index (κ2) is 10.7. The van der Waals surface area contributed by atoms with Crippen LogP contribution in [0.15, 0.2) is 188 Å². The summed E-state index contributed by atoms with van der Waals surface area (Å²) in [6.45, 7) is 0. The fourth-order valence-corrected chi connectivity index (χ4v) is 9.12. The molecule has 0 unspecified atom stereocenters. The summed E-state index contributed by atoms with van der Waals surface area (Å²) in [6, 6.07) is 69.0. The minimum Gasteiger partial charge on any atom is -0.309 e. The summed E-state index contributed by atoms with van der Waals surface area (Å²) in [7, 11) is 0. The number of rotatable bonds is 3. The summed E-state index contributed by atoms with van der Waals surface area (Å²) in [5, 5.41) is 10.1. The molecule has 3 nitrogen and oxygen atoms in total. The average Bonchev–Trinajstić information content (AvgIpc) is 3.75. The van der Waals surface area contributed by atoms with Crippen LogP contribution in [0.4, 0.5) is 17.1 Å². The smallest absolute Gasteiger partial charge is 0.0783 e. The lowest BCUT2D eigenvalue weighted by Gasteiger charge is -2.34. The molecule has 0 N–H and O–H groups in total. The van der Waals surface area contributed by atoms with E-state index in [1.54, 1.807) is 0 Å². The summed E-state index contributed by atoms with van der Waals surface area (Å²) >= 11 is 0. The average molecular weight is 674 g/mol. The molecular formula is C50H31N3. The van der Waals surface area contributed by atoms with Crippen molar-refractivity contribution in [2.24, 2.45) is 0 Å². The number of anilines is 3. The standard InChI is InChI=1S/C50H31N3/c1-3-13-36(14-4-1)51-44-28-24-32-12-7-8-17-38(32)48(44)42-27-23-34(31-47(42)51)33-22-26-39-35(30-33)25-29-46-49(39)52(37-15-5-2-6-16-37)45-21-11-19-41-40-18-9-10-20-43(40)53(46)50(41)45/h1-31H. The lowest BCUT2D eigenvalue weighted by atomic mass is 9.96. The summed E-state index contributed by atoms with van der Waals surface area (Å²) in [5.41, 5.74) is 13.2. The second-order valence-electron chi connectivity index (χ2n) is 14.1. The highest BCUT2D eigenvalue weighted by Gasteiger charge is 2.30.